The van der Waals surface area contributed by atoms with Gasteiger partial charge in [0.2, 0.25) is 11.8 Å². The number of benzene rings is 2. The van der Waals surface area contributed by atoms with E-state index in [9.17, 15) is 10.4 Å². The zero-order valence-corrected chi connectivity index (χ0v) is 23.4. The van der Waals surface area contributed by atoms with Crippen LogP contribution in [-0.2, 0) is 20.7 Å². The Hall–Kier alpha value is -3.68. The van der Waals surface area contributed by atoms with Crippen LogP contribution in [0.5, 0.6) is 17.5 Å². The standard InChI is InChI=1S/C33H33N3O6/c1-38-27-15-26-29-31(35-27)41-14-13-40-30-25(17-36-23-11-12-24(36)19-39-18-23)28(21-5-3-2-4-6-21)33(42-26,32(29,30)37)22-9-7-20(16-34)8-10-22/h2-10,15,23-25,28,30,37H,11-14,17-19H2,1H3/t23-,24+,25-,28-,30-,32+,33+/m1/s1. The van der Waals surface area contributed by atoms with Gasteiger partial charge in [-0.25, -0.2) is 0 Å². The van der Waals surface area contributed by atoms with Crippen molar-refractivity contribution in [1.29, 1.82) is 5.26 Å². The molecule has 7 atom stereocenters. The molecule has 3 aromatic rings. The van der Waals surface area contributed by atoms with Crippen LogP contribution in [0.2, 0.25) is 0 Å². The molecule has 2 saturated heterocycles. The van der Waals surface area contributed by atoms with Gasteiger partial charge in [0.25, 0.3) is 0 Å². The van der Waals surface area contributed by atoms with E-state index in [2.05, 4.69) is 28.1 Å². The second-order valence-electron chi connectivity index (χ2n) is 11.9. The first-order chi connectivity index (χ1) is 20.6. The minimum absolute atomic E-state index is 0.143. The van der Waals surface area contributed by atoms with Crippen LogP contribution in [0.25, 0.3) is 0 Å². The van der Waals surface area contributed by atoms with Gasteiger partial charge in [-0.2, -0.15) is 10.2 Å². The summed E-state index contributed by atoms with van der Waals surface area (Å²) in [5.41, 5.74) is -0.111. The summed E-state index contributed by atoms with van der Waals surface area (Å²) in [6, 6.07) is 22.3. The lowest BCUT2D eigenvalue weighted by atomic mass is 9.70. The van der Waals surface area contributed by atoms with Crippen LogP contribution >= 0.6 is 0 Å². The number of pyridine rings is 1. The second-order valence-corrected chi connectivity index (χ2v) is 11.9. The molecule has 5 aliphatic rings. The predicted octanol–water partition coefficient (Wildman–Crippen LogP) is 3.49. The highest BCUT2D eigenvalue weighted by atomic mass is 16.6. The fourth-order valence-electron chi connectivity index (χ4n) is 8.40. The molecule has 2 bridgehead atoms. The molecule has 3 fully saturated rings. The number of hydrogen-bond donors (Lipinski definition) is 1. The summed E-state index contributed by atoms with van der Waals surface area (Å²) in [7, 11) is 1.55. The minimum atomic E-state index is -1.65. The highest BCUT2D eigenvalue weighted by Gasteiger charge is 2.78. The van der Waals surface area contributed by atoms with Crippen LogP contribution in [0.15, 0.2) is 60.7 Å². The minimum Gasteiger partial charge on any atom is -0.481 e. The van der Waals surface area contributed by atoms with Crippen LogP contribution in [-0.4, -0.2) is 73.3 Å². The summed E-state index contributed by atoms with van der Waals surface area (Å²) in [5.74, 6) is 0.654. The van der Waals surface area contributed by atoms with E-state index in [1.165, 1.54) is 0 Å². The lowest BCUT2D eigenvalue weighted by molar-refractivity contribution is -0.176. The number of aromatic nitrogens is 1. The van der Waals surface area contributed by atoms with Crippen molar-refractivity contribution in [3.63, 3.8) is 0 Å². The zero-order valence-electron chi connectivity index (χ0n) is 23.4. The number of nitrogens with zero attached hydrogens (tertiary/aromatic N) is 3. The van der Waals surface area contributed by atoms with Crippen LogP contribution in [0.1, 0.15) is 41.0 Å². The van der Waals surface area contributed by atoms with Crippen LogP contribution in [0, 0.1) is 17.2 Å². The van der Waals surface area contributed by atoms with Gasteiger partial charge >= 0.3 is 0 Å². The highest BCUT2D eigenvalue weighted by molar-refractivity contribution is 5.60. The fraction of sp³-hybridized carbons (Fsp3) is 0.455. The quantitative estimate of drug-likeness (QED) is 0.496. The molecule has 1 saturated carbocycles. The van der Waals surface area contributed by atoms with Crippen LogP contribution in [0.3, 0.4) is 0 Å². The average molecular weight is 568 g/mol. The van der Waals surface area contributed by atoms with Gasteiger partial charge in [-0.3, -0.25) is 4.90 Å². The van der Waals surface area contributed by atoms with E-state index in [4.69, 9.17) is 23.7 Å². The van der Waals surface area contributed by atoms with Gasteiger partial charge in [-0.15, -0.1) is 0 Å². The van der Waals surface area contributed by atoms with Gasteiger partial charge in [-0.1, -0.05) is 42.5 Å². The topological polar surface area (TPSA) is 106 Å². The molecule has 0 amide bonds. The number of ether oxygens (including phenoxy) is 5. The number of methoxy groups -OCH3 is 1. The van der Waals surface area contributed by atoms with E-state index >= 15 is 0 Å². The van der Waals surface area contributed by atoms with Crippen molar-refractivity contribution >= 4 is 0 Å². The molecule has 1 aromatic heterocycles. The lowest BCUT2D eigenvalue weighted by Gasteiger charge is -2.42. The van der Waals surface area contributed by atoms with Gasteiger partial charge in [0.05, 0.1) is 44.1 Å². The smallest absolute Gasteiger partial charge is 0.227 e. The molecule has 0 radical (unpaired) electrons. The number of nitriles is 1. The van der Waals surface area contributed by atoms with Gasteiger partial charge in [-0.05, 0) is 36.1 Å². The molecule has 8 rings (SSSR count). The molecule has 5 heterocycles. The summed E-state index contributed by atoms with van der Waals surface area (Å²) in [6.45, 7) is 2.74. The number of hydrogen-bond acceptors (Lipinski definition) is 9. The molecule has 1 aliphatic carbocycles. The summed E-state index contributed by atoms with van der Waals surface area (Å²) in [6.07, 6.45) is 1.58. The summed E-state index contributed by atoms with van der Waals surface area (Å²) < 4.78 is 31.4. The molecule has 1 N–H and O–H groups in total. The number of fused-ring (bicyclic) bond motifs is 2. The third kappa shape index (κ3) is 3.47. The third-order valence-corrected chi connectivity index (χ3v) is 10.1. The SMILES string of the molecule is COc1cc2c3c(n1)OCCO[C@@H]1[C@H](CN4[C@@H]5CC[C@H]4COC5)[C@@H](c4ccccc4)[C@](c4ccc(C#N)cc4)(O2)[C@]31O. The highest BCUT2D eigenvalue weighted by Crippen LogP contribution is 2.71. The molecule has 9 nitrogen and oxygen atoms in total. The van der Waals surface area contributed by atoms with Gasteiger partial charge in [0, 0.05) is 36.5 Å². The molecule has 0 unspecified atom stereocenters. The normalized spacial score (nSPS) is 34.5. The first kappa shape index (κ1) is 26.0. The first-order valence-corrected chi connectivity index (χ1v) is 14.7. The molecule has 0 spiro atoms. The van der Waals surface area contributed by atoms with Crippen molar-refractivity contribution in [3.05, 3.63) is 82.9 Å². The molecular formula is C33H33N3O6. The summed E-state index contributed by atoms with van der Waals surface area (Å²) in [5, 5.41) is 23.0. The van der Waals surface area contributed by atoms with E-state index in [0.717, 1.165) is 43.7 Å². The van der Waals surface area contributed by atoms with E-state index in [-0.39, 0.29) is 25.0 Å². The van der Waals surface area contributed by atoms with E-state index in [0.29, 0.717) is 40.7 Å². The lowest BCUT2D eigenvalue weighted by Crippen LogP contribution is -2.53. The van der Waals surface area contributed by atoms with Gasteiger partial charge in [0.1, 0.15) is 18.5 Å². The maximum Gasteiger partial charge on any atom is 0.227 e. The van der Waals surface area contributed by atoms with Gasteiger partial charge in [0.15, 0.2) is 11.2 Å². The molecular weight excluding hydrogens is 534 g/mol. The maximum absolute atomic E-state index is 13.4. The Bertz CT molecular complexity index is 1530. The Labute approximate surface area is 244 Å². The number of aliphatic hydroxyl groups is 1. The first-order valence-electron chi connectivity index (χ1n) is 14.7. The Morgan fingerprint density at radius 2 is 1.83 bits per heavy atom. The largest absolute Gasteiger partial charge is 0.481 e. The Morgan fingerprint density at radius 3 is 2.55 bits per heavy atom. The number of rotatable bonds is 5. The molecule has 9 heteroatoms. The Morgan fingerprint density at radius 1 is 1.07 bits per heavy atom. The molecule has 42 heavy (non-hydrogen) atoms. The molecule has 216 valence electrons. The van der Waals surface area contributed by atoms with E-state index in [1.54, 1.807) is 25.3 Å². The van der Waals surface area contributed by atoms with Crippen molar-refractivity contribution in [1.82, 2.24) is 9.88 Å². The monoisotopic (exact) mass is 567 g/mol. The van der Waals surface area contributed by atoms with Crippen LogP contribution < -0.4 is 14.2 Å². The Balaban J connectivity index is 1.40. The molecule has 2 aromatic carbocycles. The summed E-state index contributed by atoms with van der Waals surface area (Å²) in [4.78, 5) is 7.22. The number of morpholine rings is 1. The van der Waals surface area contributed by atoms with Crippen molar-refractivity contribution in [2.45, 2.75) is 48.1 Å². The van der Waals surface area contributed by atoms with Crippen molar-refractivity contribution in [2.75, 3.05) is 40.1 Å². The van der Waals surface area contributed by atoms with Crippen molar-refractivity contribution in [2.24, 2.45) is 5.92 Å². The summed E-state index contributed by atoms with van der Waals surface area (Å²) >= 11 is 0. The van der Waals surface area contributed by atoms with Crippen molar-refractivity contribution in [3.8, 4) is 23.6 Å². The maximum atomic E-state index is 13.4. The third-order valence-electron chi connectivity index (χ3n) is 10.1. The average Bonchev–Trinajstić information content (AvgIpc) is 3.48. The molecule has 4 aliphatic heterocycles. The van der Waals surface area contributed by atoms with E-state index < -0.39 is 17.3 Å². The zero-order chi connectivity index (χ0) is 28.5. The van der Waals surface area contributed by atoms with Gasteiger partial charge < -0.3 is 28.8 Å². The van der Waals surface area contributed by atoms with E-state index in [1.807, 2.05) is 30.3 Å². The van der Waals surface area contributed by atoms with Crippen molar-refractivity contribution < 1.29 is 28.8 Å². The second kappa shape index (κ2) is 9.68. The van der Waals surface area contributed by atoms with Crippen LogP contribution in [0.4, 0.5) is 0 Å². The fourth-order valence-corrected chi connectivity index (χ4v) is 8.40. The Kier molecular flexibility index (Phi) is 5.99. The predicted molar refractivity (Wildman–Crippen MR) is 150 cm³/mol.